The van der Waals surface area contributed by atoms with Gasteiger partial charge < -0.3 is 20.3 Å². The molecule has 3 rings (SSSR count). The first-order chi connectivity index (χ1) is 14.6. The summed E-state index contributed by atoms with van der Waals surface area (Å²) in [5, 5.41) is 5.68. The predicted molar refractivity (Wildman–Crippen MR) is 114 cm³/mol. The highest BCUT2D eigenvalue weighted by molar-refractivity contribution is 5.90. The first-order valence-electron chi connectivity index (χ1n) is 10.1. The quantitative estimate of drug-likeness (QED) is 0.718. The second-order valence-corrected chi connectivity index (χ2v) is 7.36. The molecule has 3 amide bonds. The molecule has 0 aliphatic carbocycles. The van der Waals surface area contributed by atoms with Gasteiger partial charge in [-0.2, -0.15) is 0 Å². The number of nitrogens with one attached hydrogen (secondary N) is 2. The zero-order valence-corrected chi connectivity index (χ0v) is 17.0. The fourth-order valence-electron chi connectivity index (χ4n) is 3.57. The van der Waals surface area contributed by atoms with E-state index >= 15 is 0 Å². The van der Waals surface area contributed by atoms with Gasteiger partial charge >= 0.3 is 12.0 Å². The third-order valence-electron chi connectivity index (χ3n) is 5.19. The smallest absolute Gasteiger partial charge is 0.328 e. The van der Waals surface area contributed by atoms with Gasteiger partial charge in [0.15, 0.2) is 0 Å². The van der Waals surface area contributed by atoms with Crippen molar-refractivity contribution in [2.24, 2.45) is 5.92 Å². The average Bonchev–Trinajstić information content (AvgIpc) is 2.79. The van der Waals surface area contributed by atoms with Gasteiger partial charge in [0.25, 0.3) is 0 Å². The van der Waals surface area contributed by atoms with Gasteiger partial charge in [0.05, 0.1) is 13.0 Å². The Morgan fingerprint density at radius 1 is 1.07 bits per heavy atom. The number of hydrogen-bond donors (Lipinski definition) is 2. The third kappa shape index (κ3) is 5.83. The molecule has 2 N–H and O–H groups in total. The summed E-state index contributed by atoms with van der Waals surface area (Å²) in [6, 6.07) is 17.7. The first kappa shape index (κ1) is 21.4. The van der Waals surface area contributed by atoms with Crippen LogP contribution in [0.3, 0.4) is 0 Å². The molecule has 1 heterocycles. The number of ether oxygens (including phenoxy) is 1. The number of benzene rings is 2. The molecule has 30 heavy (non-hydrogen) atoms. The van der Waals surface area contributed by atoms with Crippen LogP contribution in [0.5, 0.6) is 0 Å². The number of methoxy groups -OCH3 is 1. The number of esters is 1. The zero-order chi connectivity index (χ0) is 21.3. The summed E-state index contributed by atoms with van der Waals surface area (Å²) in [6.45, 7) is 0.899. The number of nitrogens with zero attached hydrogens (tertiary/aromatic N) is 1. The number of anilines is 1. The van der Waals surface area contributed by atoms with Crippen molar-refractivity contribution >= 4 is 23.6 Å². The van der Waals surface area contributed by atoms with E-state index in [2.05, 4.69) is 10.6 Å². The van der Waals surface area contributed by atoms with Crippen LogP contribution in [0.2, 0.25) is 0 Å². The molecule has 0 aromatic heterocycles. The maximum absolute atomic E-state index is 12.9. The SMILES string of the molecule is COC(=O)[C@@H](Cc1ccccc1)NC(=O)[C@H]1CCCN(C(=O)Nc2ccccc2)C1. The summed E-state index contributed by atoms with van der Waals surface area (Å²) in [5.74, 6) is -1.09. The molecule has 7 nitrogen and oxygen atoms in total. The number of amides is 3. The summed E-state index contributed by atoms with van der Waals surface area (Å²) in [7, 11) is 1.31. The zero-order valence-electron chi connectivity index (χ0n) is 17.0. The van der Waals surface area contributed by atoms with Crippen LogP contribution in [-0.2, 0) is 20.7 Å². The van der Waals surface area contributed by atoms with Gasteiger partial charge in [0.2, 0.25) is 5.91 Å². The number of likely N-dealkylation sites (tertiary alicyclic amines) is 1. The summed E-state index contributed by atoms with van der Waals surface area (Å²) >= 11 is 0. The van der Waals surface area contributed by atoms with Crippen LogP contribution in [-0.4, -0.2) is 49.0 Å². The van der Waals surface area contributed by atoms with Gasteiger partial charge in [-0.3, -0.25) is 4.79 Å². The molecule has 0 bridgehead atoms. The third-order valence-corrected chi connectivity index (χ3v) is 5.19. The van der Waals surface area contributed by atoms with E-state index in [1.54, 1.807) is 4.90 Å². The number of hydrogen-bond acceptors (Lipinski definition) is 4. The van der Waals surface area contributed by atoms with Gasteiger partial charge in [-0.1, -0.05) is 48.5 Å². The fraction of sp³-hybridized carbons (Fsp3) is 0.348. The number of carbonyl (C=O) groups excluding carboxylic acids is 3. The molecule has 1 aliphatic heterocycles. The molecule has 0 radical (unpaired) electrons. The van der Waals surface area contributed by atoms with Gasteiger partial charge in [0.1, 0.15) is 6.04 Å². The molecule has 1 saturated heterocycles. The summed E-state index contributed by atoms with van der Waals surface area (Å²) in [4.78, 5) is 39.3. The van der Waals surface area contributed by atoms with E-state index in [9.17, 15) is 14.4 Å². The van der Waals surface area contributed by atoms with Crippen LogP contribution < -0.4 is 10.6 Å². The Balaban J connectivity index is 1.60. The van der Waals surface area contributed by atoms with Gasteiger partial charge in [-0.25, -0.2) is 9.59 Å². The van der Waals surface area contributed by atoms with E-state index < -0.39 is 12.0 Å². The normalized spacial score (nSPS) is 17.0. The highest BCUT2D eigenvalue weighted by atomic mass is 16.5. The van der Waals surface area contributed by atoms with Gasteiger partial charge in [0, 0.05) is 25.2 Å². The molecule has 1 aliphatic rings. The molecule has 2 aromatic carbocycles. The van der Waals surface area contributed by atoms with Crippen molar-refractivity contribution in [3.63, 3.8) is 0 Å². The van der Waals surface area contributed by atoms with Crippen molar-refractivity contribution in [3.8, 4) is 0 Å². The highest BCUT2D eigenvalue weighted by Gasteiger charge is 2.31. The Bertz CT molecular complexity index is 857. The highest BCUT2D eigenvalue weighted by Crippen LogP contribution is 2.19. The number of carbonyl (C=O) groups is 3. The van der Waals surface area contributed by atoms with Gasteiger partial charge in [-0.05, 0) is 30.5 Å². The van der Waals surface area contributed by atoms with Crippen LogP contribution >= 0.6 is 0 Å². The Kier molecular flexibility index (Phi) is 7.43. The fourth-order valence-corrected chi connectivity index (χ4v) is 3.57. The maximum Gasteiger partial charge on any atom is 0.328 e. The molecule has 7 heteroatoms. The number of urea groups is 1. The molecule has 0 unspecified atom stereocenters. The summed E-state index contributed by atoms with van der Waals surface area (Å²) in [5.41, 5.74) is 1.64. The van der Waals surface area contributed by atoms with Crippen molar-refractivity contribution in [1.29, 1.82) is 0 Å². The first-order valence-corrected chi connectivity index (χ1v) is 10.1. The van der Waals surface area contributed by atoms with Crippen molar-refractivity contribution in [2.75, 3.05) is 25.5 Å². The minimum atomic E-state index is -0.765. The van der Waals surface area contributed by atoms with E-state index in [0.29, 0.717) is 31.6 Å². The van der Waals surface area contributed by atoms with Crippen LogP contribution in [0.1, 0.15) is 18.4 Å². The van der Waals surface area contributed by atoms with Crippen LogP contribution in [0, 0.1) is 5.92 Å². The second kappa shape index (κ2) is 10.4. The lowest BCUT2D eigenvalue weighted by Crippen LogP contribution is -2.50. The average molecular weight is 409 g/mol. The maximum atomic E-state index is 12.9. The van der Waals surface area contributed by atoms with E-state index in [0.717, 1.165) is 12.0 Å². The molecule has 158 valence electrons. The van der Waals surface area contributed by atoms with Gasteiger partial charge in [-0.15, -0.1) is 0 Å². The van der Waals surface area contributed by atoms with Crippen molar-refractivity contribution in [3.05, 3.63) is 66.2 Å². The van der Waals surface area contributed by atoms with Crippen LogP contribution in [0.25, 0.3) is 0 Å². The van der Waals surface area contributed by atoms with Crippen molar-refractivity contribution in [1.82, 2.24) is 10.2 Å². The van der Waals surface area contributed by atoms with Crippen LogP contribution in [0.4, 0.5) is 10.5 Å². The lowest BCUT2D eigenvalue weighted by Gasteiger charge is -2.32. The van der Waals surface area contributed by atoms with Crippen molar-refractivity contribution in [2.45, 2.75) is 25.3 Å². The predicted octanol–water partition coefficient (Wildman–Crippen LogP) is 2.83. The summed E-state index contributed by atoms with van der Waals surface area (Å²) in [6.07, 6.45) is 1.74. The summed E-state index contributed by atoms with van der Waals surface area (Å²) < 4.78 is 4.87. The molecule has 2 aromatic rings. The largest absolute Gasteiger partial charge is 0.467 e. The Morgan fingerprint density at radius 3 is 2.40 bits per heavy atom. The molecule has 0 saturated carbocycles. The van der Waals surface area contributed by atoms with E-state index in [1.807, 2.05) is 60.7 Å². The molecule has 1 fully saturated rings. The van der Waals surface area contributed by atoms with E-state index in [-0.39, 0.29) is 17.9 Å². The topological polar surface area (TPSA) is 87.7 Å². The lowest BCUT2D eigenvalue weighted by atomic mass is 9.96. The molecular weight excluding hydrogens is 382 g/mol. The molecular formula is C23H27N3O4. The van der Waals surface area contributed by atoms with Crippen LogP contribution in [0.15, 0.2) is 60.7 Å². The van der Waals surface area contributed by atoms with E-state index in [4.69, 9.17) is 4.74 Å². The number of piperidine rings is 1. The van der Waals surface area contributed by atoms with E-state index in [1.165, 1.54) is 7.11 Å². The number of para-hydroxylation sites is 1. The number of rotatable bonds is 6. The Hall–Kier alpha value is -3.35. The minimum Gasteiger partial charge on any atom is -0.467 e. The Labute approximate surface area is 176 Å². The molecule has 0 spiro atoms. The van der Waals surface area contributed by atoms with Crippen molar-refractivity contribution < 1.29 is 19.1 Å². The Morgan fingerprint density at radius 2 is 1.73 bits per heavy atom. The minimum absolute atomic E-state index is 0.229. The molecule has 2 atom stereocenters. The monoisotopic (exact) mass is 409 g/mol. The second-order valence-electron chi connectivity index (χ2n) is 7.36. The standard InChI is InChI=1S/C23H27N3O4/c1-30-22(28)20(15-17-9-4-2-5-10-17)25-21(27)18-11-8-14-26(16-18)23(29)24-19-12-6-3-7-13-19/h2-7,9-10,12-13,18,20H,8,11,14-16H2,1H3,(H,24,29)(H,25,27)/t18-,20+/m0/s1. The lowest BCUT2D eigenvalue weighted by molar-refractivity contribution is -0.145.